The Morgan fingerprint density at radius 3 is 1.99 bits per heavy atom. The number of carbonyl (C=O) groups excluding carboxylic acids is 7. The second-order valence-corrected chi connectivity index (χ2v) is 28.4. The summed E-state index contributed by atoms with van der Waals surface area (Å²) < 4.78 is 32.3. The first-order chi connectivity index (χ1) is 41.8. The summed E-state index contributed by atoms with van der Waals surface area (Å²) in [5.41, 5.74) is 37.4. The lowest BCUT2D eigenvalue weighted by Crippen LogP contribution is -2.56. The standard InChI is InChI=1S/C62H90N13O14P/c1-29-20-39-40(21-30(29)2)75(28-70-39)57-52(84)53(41(27-76)87-57)89-90(85,86)88-31(3)26-69-49(83)18-19-59(8)37(22-46(66)80)56-62(11)61(10,25-48(68)82)36(14-17-45(65)79)51(74-62)33(5)55-60(9,24-47(67)81)34(12-15-43(63)77)38(71-55)23-42-58(6,7)35(13-16-44(64)78)50(72-42)32(4)54(59)73-56/h20-21,23,28,31,34-37,41,52-53,56-57,71,76,84H,12-19,22,24-27H2,1-11H3,(H2,63,77)(H2,64,78)(H2,65,79)(H2,66,80)(H2,67,81)(H2,68,82)(H,69,83)(H,85,86)/b38-23-,50-32-,55-33-/t31?,34-,35-,36-,37?,41-,52-,53+,56?,57+,59-,60+,61+,62?/m1/s1. The molecule has 7 amide bonds. The van der Waals surface area contributed by atoms with Crippen molar-refractivity contribution < 1.29 is 67.0 Å². The van der Waals surface area contributed by atoms with Gasteiger partial charge in [-0.3, -0.25) is 57.6 Å². The molecular weight excluding hydrogens is 1180 g/mol. The van der Waals surface area contributed by atoms with Crippen LogP contribution >= 0.6 is 7.82 Å². The summed E-state index contributed by atoms with van der Waals surface area (Å²) in [7, 11) is -5.07. The number of fused-ring (bicyclic) bond motifs is 7. The van der Waals surface area contributed by atoms with Gasteiger partial charge in [-0.05, 0) is 108 Å². The first kappa shape index (κ1) is 68.9. The van der Waals surface area contributed by atoms with Crippen LogP contribution in [0.5, 0.6) is 0 Å². The number of nitrogens with two attached hydrogens (primary N) is 6. The van der Waals surface area contributed by atoms with Gasteiger partial charge in [0.15, 0.2) is 6.23 Å². The molecule has 27 nitrogen and oxygen atoms in total. The zero-order chi connectivity index (χ0) is 66.7. The third-order valence-corrected chi connectivity index (χ3v) is 21.7. The summed E-state index contributed by atoms with van der Waals surface area (Å²) in [5.74, 6) is -7.18. The Kier molecular flexibility index (Phi) is 19.6. The number of ether oxygens (including phenoxy) is 1. The first-order valence-electron chi connectivity index (χ1n) is 30.6. The molecular formula is C62H90N13O14P. The Labute approximate surface area is 523 Å². The van der Waals surface area contributed by atoms with Crippen LogP contribution in [0.15, 0.2) is 67.8 Å². The van der Waals surface area contributed by atoms with Crippen molar-refractivity contribution in [2.24, 2.45) is 94.7 Å². The Bertz CT molecular complexity index is 3540. The van der Waals surface area contributed by atoms with Crippen LogP contribution in [0.2, 0.25) is 0 Å². The molecule has 2 aromatic rings. The van der Waals surface area contributed by atoms with Crippen LogP contribution in [0.3, 0.4) is 0 Å². The number of aliphatic hydroxyl groups excluding tert-OH is 2. The molecule has 5 unspecified atom stereocenters. The van der Waals surface area contributed by atoms with Crippen molar-refractivity contribution in [1.82, 2.24) is 20.2 Å². The number of carbonyl (C=O) groups is 7. The summed E-state index contributed by atoms with van der Waals surface area (Å²) in [5, 5.41) is 28.2. The van der Waals surface area contributed by atoms with Gasteiger partial charge in [0.05, 0.1) is 41.7 Å². The van der Waals surface area contributed by atoms with E-state index in [1.165, 1.54) is 13.3 Å². The highest BCUT2D eigenvalue weighted by Gasteiger charge is 2.66. The number of allylic oxidation sites excluding steroid dienone is 6. The van der Waals surface area contributed by atoms with E-state index in [0.717, 1.165) is 11.1 Å². The number of nitrogens with one attached hydrogen (secondary N) is 2. The van der Waals surface area contributed by atoms with E-state index in [4.69, 9.17) is 63.2 Å². The number of rotatable bonds is 26. The molecule has 1 aromatic carbocycles. The normalized spacial score (nSPS) is 34.2. The summed E-state index contributed by atoms with van der Waals surface area (Å²) in [4.78, 5) is 126. The summed E-state index contributed by atoms with van der Waals surface area (Å²) in [6.45, 7) is 19.3. The summed E-state index contributed by atoms with van der Waals surface area (Å²) in [6.07, 6.45) is -4.26. The average Bonchev–Trinajstić information content (AvgIpc) is 1.53. The topological polar surface area (TPSA) is 460 Å². The summed E-state index contributed by atoms with van der Waals surface area (Å²) >= 11 is 0. The van der Waals surface area contributed by atoms with Gasteiger partial charge in [0.25, 0.3) is 0 Å². The largest absolute Gasteiger partial charge is 0.472 e. The van der Waals surface area contributed by atoms with Gasteiger partial charge in [0.2, 0.25) is 41.4 Å². The number of aromatic nitrogens is 2. The van der Waals surface area contributed by atoms with E-state index >= 15 is 0 Å². The third-order valence-electron chi connectivity index (χ3n) is 20.6. The number of benzene rings is 1. The minimum absolute atomic E-state index is 0.0114. The molecule has 6 aliphatic heterocycles. The number of hydrogen-bond acceptors (Lipinski definition) is 18. The zero-order valence-corrected chi connectivity index (χ0v) is 54.1. The number of aliphatic imine (C=N–C) groups is 3. The van der Waals surface area contributed by atoms with Crippen LogP contribution in [0, 0.1) is 59.2 Å². The molecule has 7 heterocycles. The van der Waals surface area contributed by atoms with Gasteiger partial charge in [-0.1, -0.05) is 34.6 Å². The van der Waals surface area contributed by atoms with Gasteiger partial charge < -0.3 is 69.4 Å². The van der Waals surface area contributed by atoms with Crippen molar-refractivity contribution in [3.8, 4) is 0 Å². The first-order valence-corrected chi connectivity index (χ1v) is 32.1. The van der Waals surface area contributed by atoms with Gasteiger partial charge in [-0.2, -0.15) is 0 Å². The molecule has 8 rings (SSSR count). The average molecular weight is 1270 g/mol. The lowest BCUT2D eigenvalue weighted by molar-refractivity contribution is -0.124. The predicted molar refractivity (Wildman–Crippen MR) is 334 cm³/mol. The van der Waals surface area contributed by atoms with Gasteiger partial charge in [0.1, 0.15) is 18.3 Å². The maximum absolute atomic E-state index is 14.4. The molecule has 90 heavy (non-hydrogen) atoms. The molecule has 8 bridgehead atoms. The lowest BCUT2D eigenvalue weighted by Gasteiger charge is -2.48. The molecule has 17 N–H and O–H groups in total. The fourth-order valence-electron chi connectivity index (χ4n) is 15.4. The number of aliphatic hydroxyl groups is 2. The van der Waals surface area contributed by atoms with Gasteiger partial charge in [-0.25, -0.2) is 9.55 Å². The third kappa shape index (κ3) is 13.0. The van der Waals surface area contributed by atoms with Crippen LogP contribution < -0.4 is 45.0 Å². The van der Waals surface area contributed by atoms with Gasteiger partial charge >= 0.3 is 7.82 Å². The van der Waals surface area contributed by atoms with Gasteiger partial charge in [0, 0.05) is 131 Å². The van der Waals surface area contributed by atoms with Crippen molar-refractivity contribution in [2.45, 2.75) is 189 Å². The molecule has 0 aliphatic carbocycles. The van der Waals surface area contributed by atoms with E-state index < -0.39 is 143 Å². The molecule has 492 valence electrons. The number of phosphoric ester groups is 1. The monoisotopic (exact) mass is 1270 g/mol. The molecule has 28 heteroatoms. The predicted octanol–water partition coefficient (Wildman–Crippen LogP) is 3.16. The van der Waals surface area contributed by atoms with E-state index in [2.05, 4.69) is 15.6 Å². The highest BCUT2D eigenvalue weighted by molar-refractivity contribution is 7.47. The van der Waals surface area contributed by atoms with E-state index in [1.54, 1.807) is 4.57 Å². The lowest BCUT2D eigenvalue weighted by atomic mass is 9.55. The minimum Gasteiger partial charge on any atom is -0.394 e. The highest BCUT2D eigenvalue weighted by atomic mass is 31.2. The van der Waals surface area contributed by atoms with Crippen LogP contribution in [0.25, 0.3) is 11.0 Å². The molecule has 1 aromatic heterocycles. The Hall–Kier alpha value is -7.00. The van der Waals surface area contributed by atoms with Crippen LogP contribution in [-0.4, -0.2) is 132 Å². The smallest absolute Gasteiger partial charge is 0.394 e. The van der Waals surface area contributed by atoms with E-state index in [1.807, 2.05) is 87.4 Å². The van der Waals surface area contributed by atoms with Crippen LogP contribution in [-0.2, 0) is 51.9 Å². The number of imidazole rings is 1. The zero-order valence-electron chi connectivity index (χ0n) is 53.3. The molecule has 0 spiro atoms. The van der Waals surface area contributed by atoms with E-state index in [-0.39, 0.29) is 77.2 Å². The molecule has 6 aliphatic rings. The van der Waals surface area contributed by atoms with Crippen LogP contribution in [0.1, 0.15) is 150 Å². The number of amides is 7. The van der Waals surface area contributed by atoms with Crippen molar-refractivity contribution in [3.05, 3.63) is 63.9 Å². The van der Waals surface area contributed by atoms with Gasteiger partial charge in [-0.15, -0.1) is 0 Å². The number of primary amides is 6. The maximum Gasteiger partial charge on any atom is 0.472 e. The SMILES string of the molecule is C/C1=C2N=C(/C=C3\N/C(=C(/C)C4=NC(C)(C5N=C1[C@](C)(CCC(=O)NCC(C)OP(=O)(O)O[C@@H]1[C@@H](O)[C@@H](n6cnc7cc(C)c(C)cc76)O[C@@H]1CO)C5CC(N)=O)[C@@](C)(CC(N)=O)[C@@H]4CCC(N)=O)[C@@](C)(CC(N)=O)[C@@H]3CCC(N)=O)C(C)(C)[C@@H]/2CCC(N)=O. The fourth-order valence-corrected chi connectivity index (χ4v) is 16.6. The minimum atomic E-state index is -5.07. The number of hydrogen-bond donors (Lipinski definition) is 11. The number of nitrogens with zero attached hydrogens (tertiary/aromatic N) is 5. The fraction of sp³-hybridized carbons (Fsp3) is 0.629. The number of phosphoric acid groups is 1. The highest BCUT2D eigenvalue weighted by Crippen LogP contribution is 2.63. The van der Waals surface area contributed by atoms with E-state index in [0.29, 0.717) is 56.4 Å². The summed E-state index contributed by atoms with van der Waals surface area (Å²) in [6, 6.07) is 2.70. The van der Waals surface area contributed by atoms with Crippen molar-refractivity contribution in [1.29, 1.82) is 0 Å². The Morgan fingerprint density at radius 2 is 1.40 bits per heavy atom. The molecule has 0 radical (unpaired) electrons. The molecule has 0 saturated carbocycles. The molecule has 15 atom stereocenters. The van der Waals surface area contributed by atoms with Crippen molar-refractivity contribution >= 4 is 77.3 Å². The van der Waals surface area contributed by atoms with Crippen molar-refractivity contribution in [2.75, 3.05) is 13.2 Å². The number of aryl methyl sites for hydroxylation is 2. The molecule has 2 saturated heterocycles. The second kappa shape index (κ2) is 25.6. The Balaban J connectivity index is 1.19. The quantitative estimate of drug-likeness (QED) is 0.0603. The maximum atomic E-state index is 14.4. The second-order valence-electron chi connectivity index (χ2n) is 27.1. The Morgan fingerprint density at radius 1 is 0.800 bits per heavy atom. The van der Waals surface area contributed by atoms with Crippen LogP contribution in [0.4, 0.5) is 0 Å². The molecule has 2 fully saturated rings. The van der Waals surface area contributed by atoms with E-state index in [9.17, 15) is 53.2 Å². The van der Waals surface area contributed by atoms with Crippen molar-refractivity contribution in [3.63, 3.8) is 0 Å².